The van der Waals surface area contributed by atoms with E-state index in [1.807, 2.05) is 0 Å². The molecular formula is C14H28N2O2. The van der Waals surface area contributed by atoms with Gasteiger partial charge in [-0.25, -0.2) is 20.4 Å². The minimum Gasteiger partial charge on any atom is -0.222 e. The van der Waals surface area contributed by atoms with Crippen LogP contribution in [0.5, 0.6) is 0 Å². The number of hydrogen-bond acceptors (Lipinski definition) is 4. The van der Waals surface area contributed by atoms with Gasteiger partial charge < -0.3 is 0 Å². The lowest BCUT2D eigenvalue weighted by Gasteiger charge is -1.99. The van der Waals surface area contributed by atoms with Crippen molar-refractivity contribution < 1.29 is 9.59 Å². The van der Waals surface area contributed by atoms with Gasteiger partial charge in [-0.1, -0.05) is 78.1 Å². The number of nitrogens with one attached hydrogen (secondary N) is 2. The van der Waals surface area contributed by atoms with Crippen molar-refractivity contribution in [2.24, 2.45) is 0 Å². The van der Waals surface area contributed by atoms with E-state index in [-0.39, 0.29) is 0 Å². The fourth-order valence-electron chi connectivity index (χ4n) is 1.56. The Bertz CT molecular complexity index is 172. The Balaban J connectivity index is -0.000000315. The predicted octanol–water partition coefficient (Wildman–Crippen LogP) is 4.73. The molecule has 4 nitrogen and oxygen atoms in total. The van der Waals surface area contributed by atoms with Gasteiger partial charge in [-0.2, -0.15) is 0 Å². The molecule has 0 aromatic carbocycles. The molecule has 0 aliphatic heterocycles. The first-order valence-corrected chi connectivity index (χ1v) is 6.82. The third-order valence-electron chi connectivity index (χ3n) is 2.46. The molecule has 0 amide bonds. The van der Waals surface area contributed by atoms with Gasteiger partial charge in [-0.15, -0.1) is 0 Å². The van der Waals surface area contributed by atoms with Gasteiger partial charge in [0, 0.05) is 0 Å². The molecule has 0 rings (SSSR count). The van der Waals surface area contributed by atoms with Gasteiger partial charge in [0.1, 0.15) is 0 Å². The minimum atomic E-state index is 0.750. The van der Waals surface area contributed by atoms with Gasteiger partial charge in [0.2, 0.25) is 12.2 Å². The van der Waals surface area contributed by atoms with E-state index in [9.17, 15) is 0 Å². The van der Waals surface area contributed by atoms with Crippen molar-refractivity contribution >= 4 is 12.2 Å². The zero-order valence-corrected chi connectivity index (χ0v) is 11.9. The maximum absolute atomic E-state index is 8.35. The molecule has 0 saturated heterocycles. The molecule has 0 aromatic rings. The molecule has 0 unspecified atom stereocenters. The van der Waals surface area contributed by atoms with E-state index in [0.717, 1.165) is 12.2 Å². The standard InChI is InChI=1S/C12H26.2CHNO/c1-3-5-7-9-11-12-10-8-6-4-2;2*2-1-3/h3-12H2,1-2H3;2*2H. The van der Waals surface area contributed by atoms with Crippen molar-refractivity contribution in [1.29, 1.82) is 10.8 Å². The average Bonchev–Trinajstić information content (AvgIpc) is 2.35. The number of carbonyl (C=O) groups excluding carboxylic acids is 2. The van der Waals surface area contributed by atoms with Crippen molar-refractivity contribution in [1.82, 2.24) is 0 Å². The van der Waals surface area contributed by atoms with Crippen molar-refractivity contribution in [2.45, 2.75) is 78.1 Å². The molecule has 0 aliphatic carbocycles. The fraction of sp³-hybridized carbons (Fsp3) is 0.857. The highest BCUT2D eigenvalue weighted by molar-refractivity contribution is 5.26. The number of unbranched alkanes of at least 4 members (excludes halogenated alkanes) is 9. The molecule has 0 aromatic heterocycles. The highest BCUT2D eigenvalue weighted by Gasteiger charge is 1.90. The highest BCUT2D eigenvalue weighted by atomic mass is 16.1. The summed E-state index contributed by atoms with van der Waals surface area (Å²) in [4.78, 5) is 16.7. The van der Waals surface area contributed by atoms with Crippen molar-refractivity contribution in [3.63, 3.8) is 0 Å². The van der Waals surface area contributed by atoms with Crippen LogP contribution in [0, 0.1) is 10.8 Å². The third-order valence-corrected chi connectivity index (χ3v) is 2.46. The van der Waals surface area contributed by atoms with Crippen LogP contribution >= 0.6 is 0 Å². The van der Waals surface area contributed by atoms with Crippen LogP contribution in [0.4, 0.5) is 0 Å². The monoisotopic (exact) mass is 256 g/mol. The second-order valence-corrected chi connectivity index (χ2v) is 4.03. The Morgan fingerprint density at radius 3 is 0.944 bits per heavy atom. The molecule has 0 aliphatic rings. The second kappa shape index (κ2) is 29.7. The average molecular weight is 256 g/mol. The lowest BCUT2D eigenvalue weighted by molar-refractivity contribution is 0.562. The Kier molecular flexibility index (Phi) is 36.2. The zero-order valence-electron chi connectivity index (χ0n) is 11.9. The van der Waals surface area contributed by atoms with Crippen LogP contribution in [0.15, 0.2) is 0 Å². The van der Waals surface area contributed by atoms with Gasteiger partial charge >= 0.3 is 0 Å². The summed E-state index contributed by atoms with van der Waals surface area (Å²) in [6.45, 7) is 4.56. The van der Waals surface area contributed by atoms with Gasteiger partial charge in [0.15, 0.2) is 0 Å². The van der Waals surface area contributed by atoms with Crippen LogP contribution in [-0.2, 0) is 9.59 Å². The molecule has 0 heterocycles. The van der Waals surface area contributed by atoms with E-state index >= 15 is 0 Å². The van der Waals surface area contributed by atoms with Crippen LogP contribution in [-0.4, -0.2) is 12.2 Å². The fourth-order valence-corrected chi connectivity index (χ4v) is 1.56. The largest absolute Gasteiger partial charge is 0.231 e. The van der Waals surface area contributed by atoms with E-state index in [0.29, 0.717) is 0 Å². The Morgan fingerprint density at radius 1 is 0.611 bits per heavy atom. The number of isocyanates is 2. The summed E-state index contributed by atoms with van der Waals surface area (Å²) >= 11 is 0. The summed E-state index contributed by atoms with van der Waals surface area (Å²) in [7, 11) is 0. The SMILES string of the molecule is CCCCCCCCCCCC.N=C=O.N=C=O. The zero-order chi connectivity index (χ0) is 14.5. The Labute approximate surface area is 111 Å². The summed E-state index contributed by atoms with van der Waals surface area (Å²) in [6, 6.07) is 0. The van der Waals surface area contributed by atoms with E-state index < -0.39 is 0 Å². The highest BCUT2D eigenvalue weighted by Crippen LogP contribution is 2.09. The molecule has 0 radical (unpaired) electrons. The van der Waals surface area contributed by atoms with Gasteiger partial charge in [0.25, 0.3) is 0 Å². The lowest BCUT2D eigenvalue weighted by atomic mass is 10.1. The van der Waals surface area contributed by atoms with Crippen molar-refractivity contribution in [2.75, 3.05) is 0 Å². The summed E-state index contributed by atoms with van der Waals surface area (Å²) in [6.07, 6.45) is 15.9. The quantitative estimate of drug-likeness (QED) is 0.355. The van der Waals surface area contributed by atoms with E-state index in [1.54, 1.807) is 0 Å². The summed E-state index contributed by atoms with van der Waals surface area (Å²) in [5, 5.41) is 10.8. The van der Waals surface area contributed by atoms with Crippen molar-refractivity contribution in [3.8, 4) is 0 Å². The number of hydrogen-bond donors (Lipinski definition) is 2. The number of rotatable bonds is 9. The first kappa shape index (κ1) is 22.0. The van der Waals surface area contributed by atoms with Crippen LogP contribution in [0.25, 0.3) is 0 Å². The molecule has 18 heavy (non-hydrogen) atoms. The molecule has 0 saturated carbocycles. The maximum atomic E-state index is 8.35. The summed E-state index contributed by atoms with van der Waals surface area (Å²) in [5.41, 5.74) is 0. The third kappa shape index (κ3) is 46.4. The van der Waals surface area contributed by atoms with Gasteiger partial charge in [-0.05, 0) is 0 Å². The predicted molar refractivity (Wildman–Crippen MR) is 74.3 cm³/mol. The smallest absolute Gasteiger partial charge is 0.222 e. The topological polar surface area (TPSA) is 81.8 Å². The van der Waals surface area contributed by atoms with E-state index in [2.05, 4.69) is 13.8 Å². The van der Waals surface area contributed by atoms with E-state index in [1.165, 1.54) is 64.2 Å². The lowest BCUT2D eigenvalue weighted by Crippen LogP contribution is -1.80. The molecule has 0 fully saturated rings. The normalized spacial score (nSPS) is 7.89. The first-order chi connectivity index (χ1) is 8.74. The Morgan fingerprint density at radius 2 is 0.778 bits per heavy atom. The minimum absolute atomic E-state index is 0.750. The molecule has 2 N–H and O–H groups in total. The molecule has 0 atom stereocenters. The first-order valence-electron chi connectivity index (χ1n) is 6.82. The summed E-state index contributed by atoms with van der Waals surface area (Å²) < 4.78 is 0. The molecule has 0 bridgehead atoms. The van der Waals surface area contributed by atoms with Crippen LogP contribution in [0.2, 0.25) is 0 Å². The van der Waals surface area contributed by atoms with Crippen LogP contribution < -0.4 is 0 Å². The maximum Gasteiger partial charge on any atom is 0.231 e. The van der Waals surface area contributed by atoms with Crippen molar-refractivity contribution in [3.05, 3.63) is 0 Å². The van der Waals surface area contributed by atoms with Gasteiger partial charge in [0.05, 0.1) is 0 Å². The molecule has 0 spiro atoms. The van der Waals surface area contributed by atoms with Crippen LogP contribution in [0.1, 0.15) is 78.1 Å². The Hall–Kier alpha value is -1.24. The molecular weight excluding hydrogens is 228 g/mol. The van der Waals surface area contributed by atoms with Crippen LogP contribution in [0.3, 0.4) is 0 Å². The molecule has 106 valence electrons. The molecule has 4 heteroatoms. The van der Waals surface area contributed by atoms with E-state index in [4.69, 9.17) is 20.4 Å². The summed E-state index contributed by atoms with van der Waals surface area (Å²) in [5.74, 6) is 0. The second-order valence-electron chi connectivity index (χ2n) is 4.03. The van der Waals surface area contributed by atoms with Gasteiger partial charge in [-0.3, -0.25) is 0 Å².